The topological polar surface area (TPSA) is 106 Å². The van der Waals surface area contributed by atoms with Gasteiger partial charge >= 0.3 is 0 Å². The minimum Gasteiger partial charge on any atom is -0.326 e. The SMILES string of the molecule is NCc1ccc(CN)c(S(=O)(=O)O)c1. The second-order valence-corrected chi connectivity index (χ2v) is 4.22. The Balaban J connectivity index is 3.37. The highest BCUT2D eigenvalue weighted by molar-refractivity contribution is 7.85. The Hall–Kier alpha value is -0.950. The molecule has 0 saturated heterocycles. The van der Waals surface area contributed by atoms with Crippen LogP contribution in [-0.2, 0) is 23.2 Å². The van der Waals surface area contributed by atoms with Gasteiger partial charge in [0, 0.05) is 13.1 Å². The molecular formula is C8H12N2O3S. The minimum atomic E-state index is -4.21. The molecule has 0 unspecified atom stereocenters. The molecule has 0 atom stereocenters. The van der Waals surface area contributed by atoms with Crippen LogP contribution in [0, 0.1) is 0 Å². The van der Waals surface area contributed by atoms with Crippen LogP contribution in [0.1, 0.15) is 11.1 Å². The van der Waals surface area contributed by atoms with Gasteiger partial charge in [-0.15, -0.1) is 0 Å². The van der Waals surface area contributed by atoms with Gasteiger partial charge in [-0.1, -0.05) is 12.1 Å². The van der Waals surface area contributed by atoms with Crippen molar-refractivity contribution < 1.29 is 13.0 Å². The van der Waals surface area contributed by atoms with Gasteiger partial charge in [0.2, 0.25) is 0 Å². The van der Waals surface area contributed by atoms with Crippen molar-refractivity contribution in [1.29, 1.82) is 0 Å². The summed E-state index contributed by atoms with van der Waals surface area (Å²) in [6.07, 6.45) is 0. The number of hydrogen-bond donors (Lipinski definition) is 3. The van der Waals surface area contributed by atoms with Crippen LogP contribution in [0.5, 0.6) is 0 Å². The van der Waals surface area contributed by atoms with Gasteiger partial charge in [-0.05, 0) is 17.2 Å². The largest absolute Gasteiger partial charge is 0.326 e. The van der Waals surface area contributed by atoms with E-state index in [1.807, 2.05) is 0 Å². The molecule has 0 aliphatic heterocycles. The van der Waals surface area contributed by atoms with Gasteiger partial charge in [0.25, 0.3) is 10.1 Å². The van der Waals surface area contributed by atoms with Gasteiger partial charge in [-0.2, -0.15) is 8.42 Å². The summed E-state index contributed by atoms with van der Waals surface area (Å²) in [7, 11) is -4.21. The molecule has 0 radical (unpaired) electrons. The lowest BCUT2D eigenvalue weighted by Gasteiger charge is -2.06. The average molecular weight is 216 g/mol. The molecule has 0 aromatic heterocycles. The molecule has 1 rings (SSSR count). The van der Waals surface area contributed by atoms with Gasteiger partial charge in [0.15, 0.2) is 0 Å². The van der Waals surface area contributed by atoms with Crippen LogP contribution in [0.2, 0.25) is 0 Å². The van der Waals surface area contributed by atoms with Crippen LogP contribution >= 0.6 is 0 Å². The lowest BCUT2D eigenvalue weighted by molar-refractivity contribution is 0.482. The Morgan fingerprint density at radius 1 is 1.21 bits per heavy atom. The Morgan fingerprint density at radius 2 is 1.86 bits per heavy atom. The zero-order valence-electron chi connectivity index (χ0n) is 7.47. The third kappa shape index (κ3) is 2.30. The molecule has 1 aromatic carbocycles. The molecule has 0 aliphatic rings. The van der Waals surface area contributed by atoms with Crippen molar-refractivity contribution in [3.8, 4) is 0 Å². The van der Waals surface area contributed by atoms with E-state index >= 15 is 0 Å². The summed E-state index contributed by atoms with van der Waals surface area (Å²) in [4.78, 5) is -0.164. The van der Waals surface area contributed by atoms with Crippen molar-refractivity contribution in [2.75, 3.05) is 0 Å². The highest BCUT2D eigenvalue weighted by Crippen LogP contribution is 2.16. The number of hydrogen-bond acceptors (Lipinski definition) is 4. The van der Waals surface area contributed by atoms with Crippen molar-refractivity contribution in [2.24, 2.45) is 11.5 Å². The Kier molecular flexibility index (Phi) is 3.22. The van der Waals surface area contributed by atoms with E-state index in [-0.39, 0.29) is 18.0 Å². The summed E-state index contributed by atoms with van der Waals surface area (Å²) < 4.78 is 30.8. The minimum absolute atomic E-state index is 0.0555. The first-order valence-corrected chi connectivity index (χ1v) is 5.42. The number of nitrogens with two attached hydrogens (primary N) is 2. The summed E-state index contributed by atoms with van der Waals surface area (Å²) in [6.45, 7) is 0.271. The van der Waals surface area contributed by atoms with Crippen LogP contribution in [0.3, 0.4) is 0 Å². The average Bonchev–Trinajstić information content (AvgIpc) is 2.15. The summed E-state index contributed by atoms with van der Waals surface area (Å²) in [5.74, 6) is 0. The molecule has 0 spiro atoms. The molecule has 0 bridgehead atoms. The van der Waals surface area contributed by atoms with E-state index in [4.69, 9.17) is 16.0 Å². The fourth-order valence-electron chi connectivity index (χ4n) is 1.13. The predicted octanol–water partition coefficient (Wildman–Crippen LogP) is -0.149. The van der Waals surface area contributed by atoms with E-state index in [0.29, 0.717) is 11.1 Å². The molecule has 0 heterocycles. The predicted molar refractivity (Wildman–Crippen MR) is 52.0 cm³/mol. The summed E-state index contributed by atoms with van der Waals surface area (Å²) in [6, 6.07) is 4.56. The Labute approximate surface area is 82.5 Å². The first-order valence-electron chi connectivity index (χ1n) is 3.98. The van der Waals surface area contributed by atoms with Crippen molar-refractivity contribution in [3.05, 3.63) is 29.3 Å². The van der Waals surface area contributed by atoms with Crippen LogP contribution < -0.4 is 11.5 Å². The molecule has 6 heteroatoms. The first kappa shape index (κ1) is 11.1. The molecule has 0 fully saturated rings. The molecule has 1 aromatic rings. The summed E-state index contributed by atoms with van der Waals surface area (Å²) in [5.41, 5.74) is 11.7. The lowest BCUT2D eigenvalue weighted by Crippen LogP contribution is -2.09. The molecular weight excluding hydrogens is 204 g/mol. The molecule has 78 valence electrons. The van der Waals surface area contributed by atoms with Gasteiger partial charge in [-0.25, -0.2) is 0 Å². The standard InChI is InChI=1S/C8H12N2O3S/c9-4-6-1-2-7(5-10)8(3-6)14(11,12)13/h1-3H,4-5,9-10H2,(H,11,12,13). The van der Waals surface area contributed by atoms with E-state index in [9.17, 15) is 8.42 Å². The highest BCUT2D eigenvalue weighted by Gasteiger charge is 2.14. The molecule has 0 aliphatic carbocycles. The number of rotatable bonds is 3. The fraction of sp³-hybridized carbons (Fsp3) is 0.250. The second kappa shape index (κ2) is 4.05. The quantitative estimate of drug-likeness (QED) is 0.609. The van der Waals surface area contributed by atoms with E-state index in [2.05, 4.69) is 0 Å². The fourth-order valence-corrected chi connectivity index (χ4v) is 1.92. The maximum absolute atomic E-state index is 10.9. The smallest absolute Gasteiger partial charge is 0.294 e. The van der Waals surface area contributed by atoms with E-state index in [0.717, 1.165) is 0 Å². The van der Waals surface area contributed by atoms with Gasteiger partial charge in [0.05, 0.1) is 4.90 Å². The lowest BCUT2D eigenvalue weighted by atomic mass is 10.1. The van der Waals surface area contributed by atoms with Crippen molar-refractivity contribution in [2.45, 2.75) is 18.0 Å². The zero-order chi connectivity index (χ0) is 10.8. The summed E-state index contributed by atoms with van der Waals surface area (Å²) in [5, 5.41) is 0. The van der Waals surface area contributed by atoms with Crippen molar-refractivity contribution in [3.63, 3.8) is 0 Å². The molecule has 0 amide bonds. The van der Waals surface area contributed by atoms with E-state index < -0.39 is 10.1 Å². The molecule has 5 N–H and O–H groups in total. The van der Waals surface area contributed by atoms with E-state index in [1.54, 1.807) is 12.1 Å². The maximum atomic E-state index is 10.9. The van der Waals surface area contributed by atoms with Gasteiger partial charge in [-0.3, -0.25) is 4.55 Å². The molecule has 14 heavy (non-hydrogen) atoms. The summed E-state index contributed by atoms with van der Waals surface area (Å²) >= 11 is 0. The van der Waals surface area contributed by atoms with E-state index in [1.165, 1.54) is 6.07 Å². The third-order valence-electron chi connectivity index (χ3n) is 1.87. The van der Waals surface area contributed by atoms with Gasteiger partial charge in [0.1, 0.15) is 0 Å². The monoisotopic (exact) mass is 216 g/mol. The first-order chi connectivity index (χ1) is 6.49. The van der Waals surface area contributed by atoms with Crippen LogP contribution in [0.15, 0.2) is 23.1 Å². The Bertz CT molecular complexity index is 428. The van der Waals surface area contributed by atoms with Crippen LogP contribution in [0.4, 0.5) is 0 Å². The second-order valence-electron chi connectivity index (χ2n) is 2.83. The van der Waals surface area contributed by atoms with Gasteiger partial charge < -0.3 is 11.5 Å². The molecule has 0 saturated carbocycles. The zero-order valence-corrected chi connectivity index (χ0v) is 8.29. The van der Waals surface area contributed by atoms with Crippen molar-refractivity contribution in [1.82, 2.24) is 0 Å². The maximum Gasteiger partial charge on any atom is 0.294 e. The Morgan fingerprint density at radius 3 is 2.29 bits per heavy atom. The normalized spacial score (nSPS) is 11.6. The van der Waals surface area contributed by atoms with Crippen molar-refractivity contribution >= 4 is 10.1 Å². The van der Waals surface area contributed by atoms with Crippen LogP contribution in [-0.4, -0.2) is 13.0 Å². The van der Waals surface area contributed by atoms with Crippen LogP contribution in [0.25, 0.3) is 0 Å². The number of benzene rings is 1. The molecule has 5 nitrogen and oxygen atoms in total. The highest BCUT2D eigenvalue weighted by atomic mass is 32.2. The third-order valence-corrected chi connectivity index (χ3v) is 2.80.